The molecule has 24 atom stereocenters. The van der Waals surface area contributed by atoms with Gasteiger partial charge in [0.25, 0.3) is 0 Å². The Labute approximate surface area is 388 Å². The van der Waals surface area contributed by atoms with Crippen molar-refractivity contribution in [3.8, 4) is 0 Å². The van der Waals surface area contributed by atoms with Gasteiger partial charge in [0.2, 0.25) is 0 Å². The van der Waals surface area contributed by atoms with E-state index < -0.39 is 129 Å². The highest BCUT2D eigenvalue weighted by atomic mass is 16.7. The monoisotopic (exact) mass is 947 g/mol. The summed E-state index contributed by atoms with van der Waals surface area (Å²) in [5.74, 6) is 1.39. The molecule has 4 aliphatic carbocycles. The van der Waals surface area contributed by atoms with Crippen molar-refractivity contribution in [2.45, 2.75) is 223 Å². The van der Waals surface area contributed by atoms with Gasteiger partial charge >= 0.3 is 0 Å². The van der Waals surface area contributed by atoms with Crippen LogP contribution in [0.5, 0.6) is 0 Å². The standard InChI is InChI=1S/C48H82O18/c1-22(9-13-31(45(4,5)60)66-43-40(59)37(56)34(53)28(64-43)21-61-41-38(57)35(54)32(51)26(19-49)62-41)23-15-16-48(8)29-12-10-24-25(46(29,6)17-18-47(23,48)7)11-14-30(44(24,2)3)65-42-39(58)36(55)33(52)27(20-50)63-42/h10,22-23,25-43,49-60H,9,11-21H2,1-8H3/t22-,23+,25+,26+,27+,28+,29+,30-,31+,32+,33+,34+,35-,36-,37-,38+,39+,40+,41+,42-,43-,46-,47+,48-/m0/s1. The van der Waals surface area contributed by atoms with Crippen LogP contribution >= 0.6 is 0 Å². The Balaban J connectivity index is 0.997. The van der Waals surface area contributed by atoms with Crippen LogP contribution in [0, 0.1) is 45.3 Å². The summed E-state index contributed by atoms with van der Waals surface area (Å²) in [6.07, 6.45) is -13.0. The first-order valence-electron chi connectivity index (χ1n) is 24.4. The van der Waals surface area contributed by atoms with Crippen molar-refractivity contribution >= 4 is 0 Å². The maximum atomic E-state index is 11.4. The second kappa shape index (κ2) is 19.6. The molecular weight excluding hydrogens is 865 g/mol. The fraction of sp³-hybridized carbons (Fsp3) is 0.958. The third kappa shape index (κ3) is 9.12. The lowest BCUT2D eigenvalue weighted by atomic mass is 9.39. The van der Waals surface area contributed by atoms with Crippen LogP contribution in [0.25, 0.3) is 0 Å². The number of fused-ring (bicyclic) bond motifs is 5. The molecule has 0 bridgehead atoms. The van der Waals surface area contributed by atoms with E-state index in [0.29, 0.717) is 30.6 Å². The fourth-order valence-electron chi connectivity index (χ4n) is 14.1. The minimum atomic E-state index is -1.72. The van der Waals surface area contributed by atoms with E-state index in [0.717, 1.165) is 44.9 Å². The zero-order valence-corrected chi connectivity index (χ0v) is 40.0. The van der Waals surface area contributed by atoms with Crippen molar-refractivity contribution in [3.05, 3.63) is 11.6 Å². The van der Waals surface area contributed by atoms with Crippen LogP contribution in [-0.4, -0.2) is 191 Å². The van der Waals surface area contributed by atoms with Crippen LogP contribution in [0.3, 0.4) is 0 Å². The molecule has 7 aliphatic rings. The summed E-state index contributed by atoms with van der Waals surface area (Å²) in [6.45, 7) is 15.7. The highest BCUT2D eigenvalue weighted by Crippen LogP contribution is 2.75. The second-order valence-electron chi connectivity index (χ2n) is 23.0. The Kier molecular flexibility index (Phi) is 15.7. The molecule has 0 spiro atoms. The van der Waals surface area contributed by atoms with E-state index in [1.54, 1.807) is 13.8 Å². The number of aliphatic hydroxyl groups is 12. The molecule has 0 aromatic rings. The van der Waals surface area contributed by atoms with Crippen molar-refractivity contribution in [1.29, 1.82) is 0 Å². The van der Waals surface area contributed by atoms with Crippen LogP contribution in [0.4, 0.5) is 0 Å². The molecule has 0 amide bonds. The topological polar surface area (TPSA) is 298 Å². The molecule has 0 radical (unpaired) electrons. The molecule has 66 heavy (non-hydrogen) atoms. The summed E-state index contributed by atoms with van der Waals surface area (Å²) in [5.41, 5.74) is -0.322. The fourth-order valence-corrected chi connectivity index (χ4v) is 14.1. The zero-order chi connectivity index (χ0) is 48.6. The molecule has 0 unspecified atom stereocenters. The van der Waals surface area contributed by atoms with Gasteiger partial charge in [-0.05, 0) is 112 Å². The van der Waals surface area contributed by atoms with E-state index >= 15 is 0 Å². The Hall–Kier alpha value is -0.980. The van der Waals surface area contributed by atoms with E-state index in [1.807, 2.05) is 0 Å². The summed E-state index contributed by atoms with van der Waals surface area (Å²) in [5, 5.41) is 126. The van der Waals surface area contributed by atoms with Gasteiger partial charge < -0.3 is 89.7 Å². The zero-order valence-electron chi connectivity index (χ0n) is 40.0. The van der Waals surface area contributed by atoms with Crippen LogP contribution < -0.4 is 0 Å². The Bertz CT molecular complexity index is 1670. The van der Waals surface area contributed by atoms with Crippen LogP contribution in [0.2, 0.25) is 0 Å². The molecule has 3 saturated heterocycles. The van der Waals surface area contributed by atoms with Crippen LogP contribution in [0.1, 0.15) is 113 Å². The average molecular weight is 947 g/mol. The largest absolute Gasteiger partial charge is 0.394 e. The van der Waals surface area contributed by atoms with Crippen molar-refractivity contribution in [1.82, 2.24) is 0 Å². The molecule has 18 heteroatoms. The summed E-state index contributed by atoms with van der Waals surface area (Å²) < 4.78 is 35.4. The molecule has 3 aliphatic heterocycles. The molecule has 3 saturated carbocycles. The lowest BCUT2D eigenvalue weighted by Gasteiger charge is -2.66. The lowest BCUT2D eigenvalue weighted by molar-refractivity contribution is -0.341. The normalized spacial score (nSPS) is 50.4. The van der Waals surface area contributed by atoms with Gasteiger partial charge in [0.05, 0.1) is 37.6 Å². The van der Waals surface area contributed by atoms with E-state index in [4.69, 9.17) is 28.4 Å². The predicted octanol–water partition coefficient (Wildman–Crippen LogP) is -0.0268. The van der Waals surface area contributed by atoms with E-state index in [2.05, 4.69) is 47.6 Å². The first-order chi connectivity index (χ1) is 30.8. The van der Waals surface area contributed by atoms with Crippen molar-refractivity contribution < 1.29 is 89.7 Å². The number of hydrogen-bond donors (Lipinski definition) is 12. The average Bonchev–Trinajstić information content (AvgIpc) is 3.55. The van der Waals surface area contributed by atoms with Gasteiger partial charge in [-0.2, -0.15) is 0 Å². The second-order valence-corrected chi connectivity index (χ2v) is 23.0. The minimum Gasteiger partial charge on any atom is -0.394 e. The minimum absolute atomic E-state index is 0.0308. The number of rotatable bonds is 14. The molecular formula is C48H82O18. The maximum absolute atomic E-state index is 11.4. The molecule has 6 fully saturated rings. The van der Waals surface area contributed by atoms with E-state index in [-0.39, 0.29) is 28.3 Å². The summed E-state index contributed by atoms with van der Waals surface area (Å²) in [6, 6.07) is 0. The van der Waals surface area contributed by atoms with Gasteiger partial charge in [0.1, 0.15) is 73.2 Å². The highest BCUT2D eigenvalue weighted by Gasteiger charge is 2.67. The molecule has 3 heterocycles. The number of ether oxygens (including phenoxy) is 6. The molecule has 0 aromatic carbocycles. The maximum Gasteiger partial charge on any atom is 0.187 e. The third-order valence-corrected chi connectivity index (χ3v) is 18.6. The van der Waals surface area contributed by atoms with Crippen LogP contribution in [-0.2, 0) is 28.4 Å². The summed E-state index contributed by atoms with van der Waals surface area (Å²) in [7, 11) is 0. The highest BCUT2D eigenvalue weighted by molar-refractivity contribution is 5.30. The Morgan fingerprint density at radius 3 is 1.79 bits per heavy atom. The molecule has 7 rings (SSSR count). The first kappa shape index (κ1) is 52.8. The van der Waals surface area contributed by atoms with Crippen LogP contribution in [0.15, 0.2) is 11.6 Å². The van der Waals surface area contributed by atoms with Crippen molar-refractivity contribution in [2.75, 3.05) is 19.8 Å². The Morgan fingerprint density at radius 1 is 0.652 bits per heavy atom. The number of allylic oxidation sites excluding steroid dienone is 1. The number of aliphatic hydroxyl groups excluding tert-OH is 11. The number of hydrogen-bond acceptors (Lipinski definition) is 18. The first-order valence-corrected chi connectivity index (χ1v) is 24.4. The van der Waals surface area contributed by atoms with Gasteiger partial charge in [-0.1, -0.05) is 53.2 Å². The van der Waals surface area contributed by atoms with Gasteiger partial charge in [0.15, 0.2) is 18.9 Å². The lowest BCUT2D eigenvalue weighted by Crippen LogP contribution is -2.62. The predicted molar refractivity (Wildman–Crippen MR) is 234 cm³/mol. The molecule has 382 valence electrons. The smallest absolute Gasteiger partial charge is 0.187 e. The SMILES string of the molecule is C[C@@H](CC[C@@H](O[C@@H]1O[C@H](CO[C@@H]2O[C@H](CO)[C@@H](O)[C@H](O)[C@H]2O)[C@@H](O)[C@H](O)[C@H]1O)C(C)(C)O)[C@H]1CC[C@@]2(C)[C@@H]3CC=C4[C@@H](CC[C@H](O[C@@H]5O[C@H](CO)[C@@H](O)[C@H](O)[C@H]5O)C4(C)C)[C@]3(C)CC[C@]12C. The molecule has 12 N–H and O–H groups in total. The van der Waals surface area contributed by atoms with Crippen molar-refractivity contribution in [3.63, 3.8) is 0 Å². The molecule has 18 nitrogen and oxygen atoms in total. The quantitative estimate of drug-likeness (QED) is 0.102. The van der Waals surface area contributed by atoms with E-state index in [9.17, 15) is 61.3 Å². The molecule has 0 aromatic heterocycles. The summed E-state index contributed by atoms with van der Waals surface area (Å²) in [4.78, 5) is 0. The van der Waals surface area contributed by atoms with Gasteiger partial charge in [-0.3, -0.25) is 0 Å². The van der Waals surface area contributed by atoms with Gasteiger partial charge in [-0.25, -0.2) is 0 Å². The Morgan fingerprint density at radius 2 is 1.20 bits per heavy atom. The van der Waals surface area contributed by atoms with Gasteiger partial charge in [-0.15, -0.1) is 0 Å². The van der Waals surface area contributed by atoms with Crippen molar-refractivity contribution in [2.24, 2.45) is 45.3 Å². The summed E-state index contributed by atoms with van der Waals surface area (Å²) >= 11 is 0. The third-order valence-electron chi connectivity index (χ3n) is 18.6. The van der Waals surface area contributed by atoms with E-state index in [1.165, 1.54) is 5.57 Å². The van der Waals surface area contributed by atoms with Gasteiger partial charge in [0, 0.05) is 5.41 Å².